The minimum Gasteiger partial charge on any atom is -0.490 e. The van der Waals surface area contributed by atoms with Gasteiger partial charge in [0, 0.05) is 33.3 Å². The topological polar surface area (TPSA) is 75.2 Å². The van der Waals surface area contributed by atoms with E-state index in [4.69, 9.17) is 9.47 Å². The number of ether oxygens (including phenoxy) is 2. The fourth-order valence-corrected chi connectivity index (χ4v) is 2.76. The molecular weight excluding hydrogens is 495 g/mol. The van der Waals surface area contributed by atoms with Crippen LogP contribution in [0.1, 0.15) is 38.3 Å². The minimum absolute atomic E-state index is 0. The number of carbonyl (C=O) groups is 1. The largest absolute Gasteiger partial charge is 0.490 e. The molecule has 1 aromatic carbocycles. The van der Waals surface area contributed by atoms with Crippen LogP contribution < -0.4 is 15.4 Å². The third kappa shape index (κ3) is 11.6. The zero-order chi connectivity index (χ0) is 21.8. The van der Waals surface area contributed by atoms with Crippen molar-refractivity contribution in [2.45, 2.75) is 46.8 Å². The lowest BCUT2D eigenvalue weighted by molar-refractivity contribution is -0.127. The van der Waals surface area contributed by atoms with Gasteiger partial charge < -0.3 is 25.0 Å². The van der Waals surface area contributed by atoms with E-state index in [-0.39, 0.29) is 42.5 Å². The quantitative estimate of drug-likeness (QED) is 0.198. The number of hydrogen-bond donors (Lipinski definition) is 2. The molecule has 1 rings (SSSR count). The van der Waals surface area contributed by atoms with Crippen molar-refractivity contribution in [3.8, 4) is 5.75 Å². The van der Waals surface area contributed by atoms with Crippen LogP contribution in [0.3, 0.4) is 0 Å². The van der Waals surface area contributed by atoms with Crippen molar-refractivity contribution in [2.75, 3.05) is 40.9 Å². The maximum atomic E-state index is 11.9. The van der Waals surface area contributed by atoms with Gasteiger partial charge in [0.2, 0.25) is 5.91 Å². The van der Waals surface area contributed by atoms with Crippen molar-refractivity contribution in [1.29, 1.82) is 0 Å². The molecule has 0 saturated carbocycles. The van der Waals surface area contributed by atoms with Crippen molar-refractivity contribution < 1.29 is 14.3 Å². The molecule has 2 N–H and O–H groups in total. The first-order valence-corrected chi connectivity index (χ1v) is 10.2. The Hall–Kier alpha value is -1.55. The van der Waals surface area contributed by atoms with E-state index >= 15 is 0 Å². The minimum atomic E-state index is -0.0203. The second-order valence-electron chi connectivity index (χ2n) is 7.90. The third-order valence-electron chi connectivity index (χ3n) is 4.27. The summed E-state index contributed by atoms with van der Waals surface area (Å²) < 4.78 is 11.3. The molecule has 0 aliphatic carbocycles. The van der Waals surface area contributed by atoms with Crippen LogP contribution in [0.4, 0.5) is 0 Å². The van der Waals surface area contributed by atoms with Crippen LogP contribution in [0.15, 0.2) is 23.2 Å². The van der Waals surface area contributed by atoms with Gasteiger partial charge in [-0.05, 0) is 37.8 Å². The zero-order valence-electron chi connectivity index (χ0n) is 19.4. The summed E-state index contributed by atoms with van der Waals surface area (Å²) in [6, 6.07) is 6.17. The normalized spacial score (nSPS) is 12.2. The first kappa shape index (κ1) is 28.5. The van der Waals surface area contributed by atoms with Crippen LogP contribution in [-0.4, -0.2) is 63.8 Å². The molecule has 1 atom stereocenters. The highest BCUT2D eigenvalue weighted by molar-refractivity contribution is 14.0. The van der Waals surface area contributed by atoms with Gasteiger partial charge >= 0.3 is 0 Å². The molecule has 7 nitrogen and oxygen atoms in total. The molecule has 1 aromatic rings. The Balaban J connectivity index is 0.00000841. The molecular formula is C22H39IN4O3. The van der Waals surface area contributed by atoms with Crippen LogP contribution in [0.5, 0.6) is 5.75 Å². The standard InChI is InChI=1S/C22H38N4O3.HI/c1-16(2)12-18(4)29-20-13-17(3)8-9-19(20)14-24-22(23-10-11-28-7)25-15-21(27)26(5)6;/h8-9,13,16,18H,10-12,14-15H2,1-7H3,(H2,23,24,25);1H. The highest BCUT2D eigenvalue weighted by Gasteiger charge is 2.11. The molecule has 0 heterocycles. The number of benzene rings is 1. The summed E-state index contributed by atoms with van der Waals surface area (Å²) in [5.41, 5.74) is 2.16. The van der Waals surface area contributed by atoms with Gasteiger partial charge in [0.25, 0.3) is 0 Å². The van der Waals surface area contributed by atoms with E-state index in [9.17, 15) is 4.79 Å². The Morgan fingerprint density at radius 3 is 2.50 bits per heavy atom. The molecule has 0 aromatic heterocycles. The first-order chi connectivity index (χ1) is 13.7. The van der Waals surface area contributed by atoms with Crippen LogP contribution in [0, 0.1) is 12.8 Å². The van der Waals surface area contributed by atoms with Crippen molar-refractivity contribution in [1.82, 2.24) is 15.5 Å². The summed E-state index contributed by atoms with van der Waals surface area (Å²) in [5.74, 6) is 1.99. The Bertz CT molecular complexity index is 666. The summed E-state index contributed by atoms with van der Waals surface area (Å²) in [7, 11) is 5.11. The number of methoxy groups -OCH3 is 1. The van der Waals surface area contributed by atoms with Crippen molar-refractivity contribution in [2.24, 2.45) is 10.9 Å². The van der Waals surface area contributed by atoms with Crippen LogP contribution in [0.2, 0.25) is 0 Å². The van der Waals surface area contributed by atoms with E-state index in [2.05, 4.69) is 55.5 Å². The zero-order valence-corrected chi connectivity index (χ0v) is 21.8. The summed E-state index contributed by atoms with van der Waals surface area (Å²) in [4.78, 5) is 18.1. The Morgan fingerprint density at radius 1 is 1.20 bits per heavy atom. The average molecular weight is 534 g/mol. The van der Waals surface area contributed by atoms with Gasteiger partial charge in [-0.2, -0.15) is 0 Å². The molecule has 0 aliphatic rings. The number of amides is 1. The van der Waals surface area contributed by atoms with E-state index in [1.54, 1.807) is 26.1 Å². The number of nitrogens with one attached hydrogen (secondary N) is 2. The van der Waals surface area contributed by atoms with Gasteiger partial charge in [0.1, 0.15) is 5.75 Å². The van der Waals surface area contributed by atoms with Crippen molar-refractivity contribution in [3.05, 3.63) is 29.3 Å². The average Bonchev–Trinajstić information content (AvgIpc) is 2.63. The van der Waals surface area contributed by atoms with Gasteiger partial charge in [-0.1, -0.05) is 26.0 Å². The number of likely N-dealkylation sites (N-methyl/N-ethyl adjacent to an activating group) is 1. The lowest BCUT2D eigenvalue weighted by Gasteiger charge is -2.19. The number of aryl methyl sites for hydroxylation is 1. The SMILES string of the molecule is COCCNC(=NCc1ccc(C)cc1OC(C)CC(C)C)NCC(=O)N(C)C.I. The number of hydrogen-bond acceptors (Lipinski definition) is 4. The molecule has 30 heavy (non-hydrogen) atoms. The van der Waals surface area contributed by atoms with Crippen LogP contribution in [-0.2, 0) is 16.1 Å². The number of guanidine groups is 1. The van der Waals surface area contributed by atoms with Crippen molar-refractivity contribution >= 4 is 35.8 Å². The Kier molecular flexibility index (Phi) is 14.5. The van der Waals surface area contributed by atoms with Gasteiger partial charge in [-0.15, -0.1) is 24.0 Å². The fourth-order valence-electron chi connectivity index (χ4n) is 2.76. The molecule has 8 heteroatoms. The fraction of sp³-hybridized carbons (Fsp3) is 0.636. The van der Waals surface area contributed by atoms with Crippen LogP contribution >= 0.6 is 24.0 Å². The lowest BCUT2D eigenvalue weighted by Crippen LogP contribution is -2.43. The number of halogens is 1. The maximum absolute atomic E-state index is 11.9. The predicted molar refractivity (Wildman–Crippen MR) is 134 cm³/mol. The van der Waals surface area contributed by atoms with Gasteiger partial charge in [0.05, 0.1) is 25.8 Å². The molecule has 172 valence electrons. The molecule has 1 unspecified atom stereocenters. The number of carbonyl (C=O) groups excluding carboxylic acids is 1. The van der Waals surface area contributed by atoms with Crippen LogP contribution in [0.25, 0.3) is 0 Å². The molecule has 0 bridgehead atoms. The molecule has 0 saturated heterocycles. The van der Waals surface area contributed by atoms with E-state index in [0.717, 1.165) is 23.3 Å². The summed E-state index contributed by atoms with van der Waals surface area (Å²) in [5, 5.41) is 6.26. The second-order valence-corrected chi connectivity index (χ2v) is 7.90. The Morgan fingerprint density at radius 2 is 1.90 bits per heavy atom. The summed E-state index contributed by atoms with van der Waals surface area (Å²) in [6.45, 7) is 10.3. The number of aliphatic imine (C=N–C) groups is 1. The summed E-state index contributed by atoms with van der Waals surface area (Å²) >= 11 is 0. The number of rotatable bonds is 11. The Labute approximate surface area is 199 Å². The van der Waals surface area contributed by atoms with Gasteiger partial charge in [-0.25, -0.2) is 4.99 Å². The highest BCUT2D eigenvalue weighted by atomic mass is 127. The molecule has 0 radical (unpaired) electrons. The maximum Gasteiger partial charge on any atom is 0.241 e. The molecule has 0 spiro atoms. The monoisotopic (exact) mass is 534 g/mol. The van der Waals surface area contributed by atoms with E-state index in [1.165, 1.54) is 0 Å². The lowest BCUT2D eigenvalue weighted by atomic mass is 10.1. The smallest absolute Gasteiger partial charge is 0.241 e. The summed E-state index contributed by atoms with van der Waals surface area (Å²) in [6.07, 6.45) is 1.13. The molecule has 0 aliphatic heterocycles. The van der Waals surface area contributed by atoms with Crippen molar-refractivity contribution in [3.63, 3.8) is 0 Å². The van der Waals surface area contributed by atoms with E-state index in [0.29, 0.717) is 31.6 Å². The van der Waals surface area contributed by atoms with E-state index in [1.807, 2.05) is 6.07 Å². The van der Waals surface area contributed by atoms with Gasteiger partial charge in [-0.3, -0.25) is 4.79 Å². The second kappa shape index (κ2) is 15.3. The first-order valence-electron chi connectivity index (χ1n) is 10.2. The number of nitrogens with zero attached hydrogens (tertiary/aromatic N) is 2. The highest BCUT2D eigenvalue weighted by Crippen LogP contribution is 2.24. The molecule has 1 amide bonds. The molecule has 0 fully saturated rings. The van der Waals surface area contributed by atoms with Gasteiger partial charge in [0.15, 0.2) is 5.96 Å². The van der Waals surface area contributed by atoms with E-state index < -0.39 is 0 Å². The third-order valence-corrected chi connectivity index (χ3v) is 4.27. The predicted octanol–water partition coefficient (Wildman–Crippen LogP) is 3.20.